The van der Waals surface area contributed by atoms with Crippen LogP contribution >= 0.6 is 11.8 Å². The predicted molar refractivity (Wildman–Crippen MR) is 75.4 cm³/mol. The van der Waals surface area contributed by atoms with Gasteiger partial charge in [-0.1, -0.05) is 13.0 Å². The summed E-state index contributed by atoms with van der Waals surface area (Å²) in [5.41, 5.74) is 0.283. The van der Waals surface area contributed by atoms with E-state index in [1.54, 1.807) is 17.8 Å². The number of nitriles is 1. The summed E-state index contributed by atoms with van der Waals surface area (Å²) >= 11 is 1.59. The number of benzene rings is 1. The highest BCUT2D eigenvalue weighted by molar-refractivity contribution is 7.99. The van der Waals surface area contributed by atoms with Gasteiger partial charge in [0.15, 0.2) is 0 Å². The molecule has 1 aliphatic rings. The number of rotatable bonds is 5. The Bertz CT molecular complexity index is 533. The molecule has 0 aromatic heterocycles. The second kappa shape index (κ2) is 5.54. The molecular formula is C14H16N2O2S. The second-order valence-electron chi connectivity index (χ2n) is 4.59. The zero-order chi connectivity index (χ0) is 13.9. The lowest BCUT2D eigenvalue weighted by atomic mass is 9.76. The maximum atomic E-state index is 11.4. The SMILES string of the molecule is CCSc1cccc(NC2(C(=O)O)CCC2)c1C#N. The topological polar surface area (TPSA) is 73.1 Å². The van der Waals surface area contributed by atoms with E-state index in [0.717, 1.165) is 17.1 Å². The molecule has 4 nitrogen and oxygen atoms in total. The van der Waals surface area contributed by atoms with Crippen molar-refractivity contribution in [1.82, 2.24) is 0 Å². The van der Waals surface area contributed by atoms with Gasteiger partial charge in [0.2, 0.25) is 0 Å². The number of nitrogens with one attached hydrogen (secondary N) is 1. The minimum absolute atomic E-state index is 0.543. The van der Waals surface area contributed by atoms with Gasteiger partial charge in [0, 0.05) is 4.90 Å². The average Bonchev–Trinajstić information content (AvgIpc) is 2.34. The van der Waals surface area contributed by atoms with Gasteiger partial charge in [0.25, 0.3) is 0 Å². The Labute approximate surface area is 116 Å². The van der Waals surface area contributed by atoms with E-state index in [1.165, 1.54) is 0 Å². The lowest BCUT2D eigenvalue weighted by molar-refractivity contribution is -0.145. The fourth-order valence-corrected chi connectivity index (χ4v) is 2.99. The van der Waals surface area contributed by atoms with Gasteiger partial charge in [-0.25, -0.2) is 4.79 Å². The molecule has 0 amide bonds. The third kappa shape index (κ3) is 2.54. The lowest BCUT2D eigenvalue weighted by Crippen LogP contribution is -2.52. The average molecular weight is 276 g/mol. The summed E-state index contributed by atoms with van der Waals surface area (Å²) in [5, 5.41) is 21.7. The Morgan fingerprint density at radius 1 is 1.58 bits per heavy atom. The molecule has 2 N–H and O–H groups in total. The molecule has 5 heteroatoms. The van der Waals surface area contributed by atoms with Crippen molar-refractivity contribution in [3.8, 4) is 6.07 Å². The van der Waals surface area contributed by atoms with Gasteiger partial charge in [-0.05, 0) is 37.1 Å². The molecule has 0 atom stereocenters. The number of carboxylic acids is 1. The summed E-state index contributed by atoms with van der Waals surface area (Å²) in [4.78, 5) is 12.3. The van der Waals surface area contributed by atoms with Gasteiger partial charge in [-0.2, -0.15) is 5.26 Å². The molecule has 0 radical (unpaired) electrons. The molecule has 0 saturated heterocycles. The number of hydrogen-bond donors (Lipinski definition) is 2. The monoisotopic (exact) mass is 276 g/mol. The van der Waals surface area contributed by atoms with Crippen LogP contribution < -0.4 is 5.32 Å². The molecule has 19 heavy (non-hydrogen) atoms. The van der Waals surface area contributed by atoms with Crippen LogP contribution in [0.15, 0.2) is 23.1 Å². The highest BCUT2D eigenvalue weighted by Gasteiger charge is 2.44. The molecule has 2 rings (SSSR count). The molecule has 1 aromatic rings. The minimum atomic E-state index is -0.888. The molecule has 0 aliphatic heterocycles. The summed E-state index contributed by atoms with van der Waals surface area (Å²) < 4.78 is 0. The van der Waals surface area contributed by atoms with Crippen LogP contribution in [-0.2, 0) is 4.79 Å². The van der Waals surface area contributed by atoms with Crippen LogP contribution in [-0.4, -0.2) is 22.4 Å². The zero-order valence-electron chi connectivity index (χ0n) is 10.8. The van der Waals surface area contributed by atoms with Gasteiger partial charge in [0.1, 0.15) is 11.6 Å². The molecule has 0 heterocycles. The van der Waals surface area contributed by atoms with Crippen LogP contribution in [0.25, 0.3) is 0 Å². The maximum absolute atomic E-state index is 11.4. The highest BCUT2D eigenvalue weighted by atomic mass is 32.2. The highest BCUT2D eigenvalue weighted by Crippen LogP contribution is 2.38. The molecule has 0 bridgehead atoms. The van der Waals surface area contributed by atoms with Gasteiger partial charge >= 0.3 is 5.97 Å². The quantitative estimate of drug-likeness (QED) is 0.808. The third-order valence-electron chi connectivity index (χ3n) is 3.43. The molecule has 1 aromatic carbocycles. The number of anilines is 1. The van der Waals surface area contributed by atoms with E-state index in [2.05, 4.69) is 11.4 Å². The normalized spacial score (nSPS) is 16.2. The van der Waals surface area contributed by atoms with Crippen molar-refractivity contribution < 1.29 is 9.90 Å². The Kier molecular flexibility index (Phi) is 4.01. The fraction of sp³-hybridized carbons (Fsp3) is 0.429. The summed E-state index contributed by atoms with van der Waals surface area (Å²) in [5.74, 6) is 0.0403. The number of hydrogen-bond acceptors (Lipinski definition) is 4. The first-order valence-corrected chi connectivity index (χ1v) is 7.29. The van der Waals surface area contributed by atoms with Crippen LogP contribution in [0.2, 0.25) is 0 Å². The first-order chi connectivity index (χ1) is 9.13. The number of carbonyl (C=O) groups is 1. The van der Waals surface area contributed by atoms with Crippen LogP contribution in [0.4, 0.5) is 5.69 Å². The van der Waals surface area contributed by atoms with Crippen LogP contribution in [0, 0.1) is 11.3 Å². The number of aliphatic carboxylic acids is 1. The summed E-state index contributed by atoms with van der Waals surface area (Å²) in [6, 6.07) is 7.71. The third-order valence-corrected chi connectivity index (χ3v) is 4.37. The number of nitrogens with zero attached hydrogens (tertiary/aromatic N) is 1. The number of carboxylic acid groups (broad SMARTS) is 1. The van der Waals surface area contributed by atoms with Gasteiger partial charge in [-0.3, -0.25) is 0 Å². The molecule has 100 valence electrons. The van der Waals surface area contributed by atoms with Crippen molar-refractivity contribution in [2.45, 2.75) is 36.6 Å². The Hall–Kier alpha value is -1.67. The lowest BCUT2D eigenvalue weighted by Gasteiger charge is -2.39. The molecule has 0 unspecified atom stereocenters. The van der Waals surface area contributed by atoms with Crippen LogP contribution in [0.3, 0.4) is 0 Å². The molecule has 0 spiro atoms. The van der Waals surface area contributed by atoms with Crippen LogP contribution in [0.1, 0.15) is 31.7 Å². The Morgan fingerprint density at radius 2 is 2.32 bits per heavy atom. The van der Waals surface area contributed by atoms with E-state index in [0.29, 0.717) is 24.1 Å². The van der Waals surface area contributed by atoms with Gasteiger partial charge < -0.3 is 10.4 Å². The van der Waals surface area contributed by atoms with Crippen molar-refractivity contribution in [2.24, 2.45) is 0 Å². The van der Waals surface area contributed by atoms with E-state index in [4.69, 9.17) is 0 Å². The number of thioether (sulfide) groups is 1. The minimum Gasteiger partial charge on any atom is -0.480 e. The Balaban J connectivity index is 2.32. The maximum Gasteiger partial charge on any atom is 0.329 e. The first kappa shape index (κ1) is 13.8. The van der Waals surface area contributed by atoms with E-state index in [9.17, 15) is 15.2 Å². The Morgan fingerprint density at radius 3 is 2.79 bits per heavy atom. The van der Waals surface area contributed by atoms with E-state index in [1.807, 2.05) is 19.1 Å². The molecular weight excluding hydrogens is 260 g/mol. The standard InChI is InChI=1S/C14H16N2O2S/c1-2-19-12-6-3-5-11(10(12)9-15)16-14(13(17)18)7-4-8-14/h3,5-6,16H,2,4,7-8H2,1H3,(H,17,18). The van der Waals surface area contributed by atoms with E-state index >= 15 is 0 Å². The zero-order valence-corrected chi connectivity index (χ0v) is 11.6. The largest absolute Gasteiger partial charge is 0.480 e. The van der Waals surface area contributed by atoms with Crippen molar-refractivity contribution in [1.29, 1.82) is 5.26 Å². The second-order valence-corrected chi connectivity index (χ2v) is 5.90. The predicted octanol–water partition coefficient (Wildman–Crippen LogP) is 3.09. The summed E-state index contributed by atoms with van der Waals surface area (Å²) in [6.45, 7) is 2.02. The van der Waals surface area contributed by atoms with E-state index in [-0.39, 0.29) is 0 Å². The van der Waals surface area contributed by atoms with Gasteiger partial charge in [0.05, 0.1) is 11.3 Å². The van der Waals surface area contributed by atoms with Gasteiger partial charge in [-0.15, -0.1) is 11.8 Å². The molecule has 1 fully saturated rings. The molecule has 1 saturated carbocycles. The summed E-state index contributed by atoms with van der Waals surface area (Å²) in [7, 11) is 0. The smallest absolute Gasteiger partial charge is 0.329 e. The summed E-state index contributed by atoms with van der Waals surface area (Å²) in [6.07, 6.45) is 2.13. The van der Waals surface area contributed by atoms with Crippen molar-refractivity contribution in [2.75, 3.05) is 11.1 Å². The van der Waals surface area contributed by atoms with Crippen molar-refractivity contribution in [3.63, 3.8) is 0 Å². The molecule has 1 aliphatic carbocycles. The fourth-order valence-electron chi connectivity index (χ4n) is 2.21. The van der Waals surface area contributed by atoms with Crippen LogP contribution in [0.5, 0.6) is 0 Å². The van der Waals surface area contributed by atoms with E-state index < -0.39 is 11.5 Å². The van der Waals surface area contributed by atoms with Crippen molar-refractivity contribution in [3.05, 3.63) is 23.8 Å². The first-order valence-electron chi connectivity index (χ1n) is 6.30. The van der Waals surface area contributed by atoms with Crippen molar-refractivity contribution >= 4 is 23.4 Å².